The minimum atomic E-state index is -0.833. The molecule has 0 heterocycles. The maximum absolute atomic E-state index is 9.00. The second-order valence-electron chi connectivity index (χ2n) is 2.84. The van der Waals surface area contributed by atoms with E-state index in [0.717, 1.165) is 18.2 Å². The first-order chi connectivity index (χ1) is 7.10. The summed E-state index contributed by atoms with van der Waals surface area (Å²) in [6.45, 7) is 1.28. The molecule has 0 aromatic heterocycles. The van der Waals surface area contributed by atoms with E-state index in [0.29, 0.717) is 6.42 Å². The molecule has 1 rings (SSSR count). The Kier molecular flexibility index (Phi) is 7.01. The molecule has 4 heteroatoms. The van der Waals surface area contributed by atoms with E-state index in [1.54, 1.807) is 7.11 Å². The second-order valence-corrected chi connectivity index (χ2v) is 2.84. The highest BCUT2D eigenvalue weighted by molar-refractivity contribution is 5.62. The third kappa shape index (κ3) is 7.52. The van der Waals surface area contributed by atoms with Crippen LogP contribution in [0.15, 0.2) is 24.3 Å². The SMILES string of the molecule is CC(=O)O.COc1ccc(CCO)cc1. The van der Waals surface area contributed by atoms with Crippen LogP contribution in [0.25, 0.3) is 0 Å². The van der Waals surface area contributed by atoms with Crippen molar-refractivity contribution >= 4 is 5.97 Å². The van der Waals surface area contributed by atoms with Crippen molar-refractivity contribution in [2.75, 3.05) is 13.7 Å². The molecule has 0 spiro atoms. The fraction of sp³-hybridized carbons (Fsp3) is 0.364. The Morgan fingerprint density at radius 2 is 1.80 bits per heavy atom. The Balaban J connectivity index is 0.000000423. The first kappa shape index (κ1) is 13.4. The first-order valence-corrected chi connectivity index (χ1v) is 4.53. The Hall–Kier alpha value is -1.55. The summed E-state index contributed by atoms with van der Waals surface area (Å²) in [7, 11) is 1.64. The molecule has 0 aliphatic heterocycles. The topological polar surface area (TPSA) is 66.8 Å². The summed E-state index contributed by atoms with van der Waals surface area (Å²) in [5, 5.41) is 16.0. The van der Waals surface area contributed by atoms with Gasteiger partial charge in [-0.15, -0.1) is 0 Å². The average Bonchev–Trinajstić information content (AvgIpc) is 2.19. The summed E-state index contributed by atoms with van der Waals surface area (Å²) in [5.74, 6) is 0.0201. The number of aliphatic hydroxyl groups is 1. The van der Waals surface area contributed by atoms with Crippen molar-refractivity contribution in [3.63, 3.8) is 0 Å². The lowest BCUT2D eigenvalue weighted by Gasteiger charge is -2.00. The monoisotopic (exact) mass is 212 g/mol. The summed E-state index contributed by atoms with van der Waals surface area (Å²) in [6.07, 6.45) is 0.712. The standard InChI is InChI=1S/C9H12O2.C2H4O2/c1-11-9-4-2-8(3-5-9)6-7-10;1-2(3)4/h2-5,10H,6-7H2,1H3;1H3,(H,3,4). The predicted molar refractivity (Wildman–Crippen MR) is 57.1 cm³/mol. The van der Waals surface area contributed by atoms with E-state index in [-0.39, 0.29) is 6.61 Å². The molecule has 0 fully saturated rings. The molecule has 0 atom stereocenters. The molecular weight excluding hydrogens is 196 g/mol. The molecule has 1 aromatic rings. The fourth-order valence-corrected chi connectivity index (χ4v) is 0.921. The molecule has 0 saturated heterocycles. The van der Waals surface area contributed by atoms with E-state index < -0.39 is 5.97 Å². The molecule has 2 N–H and O–H groups in total. The normalized spacial score (nSPS) is 8.73. The van der Waals surface area contributed by atoms with Gasteiger partial charge in [-0.25, -0.2) is 0 Å². The summed E-state index contributed by atoms with van der Waals surface area (Å²) in [4.78, 5) is 9.00. The number of hydrogen-bond acceptors (Lipinski definition) is 3. The molecule has 15 heavy (non-hydrogen) atoms. The van der Waals surface area contributed by atoms with Gasteiger partial charge in [0.05, 0.1) is 7.11 Å². The van der Waals surface area contributed by atoms with Crippen molar-refractivity contribution in [2.24, 2.45) is 0 Å². The third-order valence-corrected chi connectivity index (χ3v) is 1.56. The lowest BCUT2D eigenvalue weighted by atomic mass is 10.1. The first-order valence-electron chi connectivity index (χ1n) is 4.53. The average molecular weight is 212 g/mol. The van der Waals surface area contributed by atoms with Gasteiger partial charge in [0.25, 0.3) is 5.97 Å². The number of carboxylic acids is 1. The largest absolute Gasteiger partial charge is 0.497 e. The zero-order valence-electron chi connectivity index (χ0n) is 8.93. The Morgan fingerprint density at radius 1 is 1.33 bits per heavy atom. The van der Waals surface area contributed by atoms with Crippen molar-refractivity contribution in [3.8, 4) is 5.75 Å². The van der Waals surface area contributed by atoms with Gasteiger partial charge in [-0.3, -0.25) is 4.79 Å². The van der Waals surface area contributed by atoms with E-state index in [2.05, 4.69) is 0 Å². The molecule has 0 bridgehead atoms. The van der Waals surface area contributed by atoms with Crippen molar-refractivity contribution in [3.05, 3.63) is 29.8 Å². The minimum absolute atomic E-state index is 0.201. The molecule has 84 valence electrons. The van der Waals surface area contributed by atoms with Gasteiger partial charge in [-0.05, 0) is 24.1 Å². The van der Waals surface area contributed by atoms with Crippen molar-refractivity contribution in [2.45, 2.75) is 13.3 Å². The predicted octanol–water partition coefficient (Wildman–Crippen LogP) is 1.32. The molecule has 0 saturated carbocycles. The van der Waals surface area contributed by atoms with E-state index in [1.165, 1.54) is 0 Å². The van der Waals surface area contributed by atoms with Crippen LogP contribution in [0.5, 0.6) is 5.75 Å². The van der Waals surface area contributed by atoms with Crippen molar-refractivity contribution in [1.29, 1.82) is 0 Å². The number of benzene rings is 1. The molecular formula is C11H16O4. The summed E-state index contributed by atoms with van der Waals surface area (Å²) >= 11 is 0. The number of aliphatic hydroxyl groups excluding tert-OH is 1. The van der Waals surface area contributed by atoms with Crippen LogP contribution >= 0.6 is 0 Å². The number of hydrogen-bond donors (Lipinski definition) is 2. The number of ether oxygens (including phenoxy) is 1. The molecule has 0 unspecified atom stereocenters. The van der Waals surface area contributed by atoms with E-state index in [1.807, 2.05) is 24.3 Å². The summed E-state index contributed by atoms with van der Waals surface area (Å²) in [6, 6.07) is 7.69. The Morgan fingerprint density at radius 3 is 2.13 bits per heavy atom. The molecule has 0 amide bonds. The number of methoxy groups -OCH3 is 1. The van der Waals surface area contributed by atoms with Gasteiger partial charge >= 0.3 is 0 Å². The van der Waals surface area contributed by atoms with Crippen molar-refractivity contribution in [1.82, 2.24) is 0 Å². The minimum Gasteiger partial charge on any atom is -0.497 e. The van der Waals surface area contributed by atoms with Gasteiger partial charge in [0.1, 0.15) is 5.75 Å². The highest BCUT2D eigenvalue weighted by Crippen LogP contribution is 2.10. The molecule has 0 radical (unpaired) electrons. The van der Waals surface area contributed by atoms with Gasteiger partial charge in [-0.1, -0.05) is 12.1 Å². The lowest BCUT2D eigenvalue weighted by Crippen LogP contribution is -1.90. The smallest absolute Gasteiger partial charge is 0.300 e. The summed E-state index contributed by atoms with van der Waals surface area (Å²) < 4.78 is 4.98. The number of carbonyl (C=O) groups is 1. The van der Waals surface area contributed by atoms with Crippen LogP contribution in [0.2, 0.25) is 0 Å². The van der Waals surface area contributed by atoms with E-state index >= 15 is 0 Å². The lowest BCUT2D eigenvalue weighted by molar-refractivity contribution is -0.134. The van der Waals surface area contributed by atoms with E-state index in [9.17, 15) is 0 Å². The van der Waals surface area contributed by atoms with Crippen LogP contribution in [0.3, 0.4) is 0 Å². The van der Waals surface area contributed by atoms with Crippen LogP contribution < -0.4 is 4.74 Å². The van der Waals surface area contributed by atoms with Crippen LogP contribution in [0, 0.1) is 0 Å². The fourth-order valence-electron chi connectivity index (χ4n) is 0.921. The Bertz CT molecular complexity index is 275. The Labute approximate surface area is 89.1 Å². The highest BCUT2D eigenvalue weighted by Gasteiger charge is 1.91. The number of carboxylic acid groups (broad SMARTS) is 1. The molecule has 0 aliphatic carbocycles. The van der Waals surface area contributed by atoms with Gasteiger partial charge in [0.15, 0.2) is 0 Å². The number of rotatable bonds is 3. The van der Waals surface area contributed by atoms with Crippen LogP contribution in [0.4, 0.5) is 0 Å². The summed E-state index contributed by atoms with van der Waals surface area (Å²) in [5.41, 5.74) is 1.13. The zero-order valence-corrected chi connectivity index (χ0v) is 8.93. The van der Waals surface area contributed by atoms with Gasteiger partial charge in [-0.2, -0.15) is 0 Å². The quantitative estimate of drug-likeness (QED) is 0.793. The maximum atomic E-state index is 9.00. The zero-order chi connectivity index (χ0) is 11.7. The highest BCUT2D eigenvalue weighted by atomic mass is 16.5. The van der Waals surface area contributed by atoms with E-state index in [4.69, 9.17) is 19.7 Å². The molecule has 0 aliphatic rings. The maximum Gasteiger partial charge on any atom is 0.300 e. The van der Waals surface area contributed by atoms with Crippen LogP contribution in [-0.4, -0.2) is 29.9 Å². The third-order valence-electron chi connectivity index (χ3n) is 1.56. The van der Waals surface area contributed by atoms with Gasteiger partial charge in [0, 0.05) is 13.5 Å². The molecule has 1 aromatic carbocycles. The second kappa shape index (κ2) is 7.82. The van der Waals surface area contributed by atoms with Gasteiger partial charge < -0.3 is 14.9 Å². The molecule has 4 nitrogen and oxygen atoms in total. The number of aliphatic carboxylic acids is 1. The van der Waals surface area contributed by atoms with Crippen molar-refractivity contribution < 1.29 is 19.7 Å². The van der Waals surface area contributed by atoms with Crippen LogP contribution in [-0.2, 0) is 11.2 Å². The van der Waals surface area contributed by atoms with Gasteiger partial charge in [0.2, 0.25) is 0 Å². The van der Waals surface area contributed by atoms with Crippen LogP contribution in [0.1, 0.15) is 12.5 Å².